The highest BCUT2D eigenvalue weighted by Gasteiger charge is 2.46. The number of hydrogen-bond acceptors (Lipinski definition) is 2. The lowest BCUT2D eigenvalue weighted by molar-refractivity contribution is 0.0735. The Balaban J connectivity index is 2.59. The van der Waals surface area contributed by atoms with E-state index in [0.717, 1.165) is 0 Å². The van der Waals surface area contributed by atoms with Gasteiger partial charge in [-0.3, -0.25) is 4.79 Å². The summed E-state index contributed by atoms with van der Waals surface area (Å²) in [6, 6.07) is 4.59. The van der Waals surface area contributed by atoms with E-state index in [9.17, 15) is 9.18 Å². The lowest BCUT2D eigenvalue weighted by atomic mass is 10.1. The zero-order chi connectivity index (χ0) is 11.1. The highest BCUT2D eigenvalue weighted by Crippen LogP contribution is 2.37. The van der Waals surface area contributed by atoms with Crippen LogP contribution in [-0.2, 0) is 6.42 Å². The fraction of sp³-hybridized carbons (Fsp3) is 0.222. The molecule has 1 aliphatic rings. The van der Waals surface area contributed by atoms with E-state index >= 15 is 0 Å². The van der Waals surface area contributed by atoms with Crippen molar-refractivity contribution in [1.29, 1.82) is 0 Å². The molecule has 4 nitrogen and oxygen atoms in total. The fourth-order valence-electron chi connectivity index (χ4n) is 1.62. The van der Waals surface area contributed by atoms with Crippen LogP contribution >= 0.6 is 11.6 Å². The molecule has 0 aromatic heterocycles. The third-order valence-corrected chi connectivity index (χ3v) is 2.68. The molecule has 0 fully saturated rings. The van der Waals surface area contributed by atoms with Crippen LogP contribution in [0.3, 0.4) is 0 Å². The molecule has 0 N–H and O–H groups in total. The summed E-state index contributed by atoms with van der Waals surface area (Å²) in [4.78, 5) is 13.9. The second kappa shape index (κ2) is 3.22. The molecule has 15 heavy (non-hydrogen) atoms. The Morgan fingerprint density at radius 3 is 2.93 bits per heavy atom. The number of Topliss-reactive ketones (excluding diaryl/α,β-unsaturated/α-hetero) is 1. The molecule has 0 heterocycles. The molecule has 0 radical (unpaired) electrons. The number of rotatable bonds is 1. The Morgan fingerprint density at radius 1 is 1.60 bits per heavy atom. The van der Waals surface area contributed by atoms with Gasteiger partial charge in [-0.2, -0.15) is 0 Å². The van der Waals surface area contributed by atoms with Gasteiger partial charge >= 0.3 is 0 Å². The first-order valence-corrected chi connectivity index (χ1v) is 4.53. The normalized spacial score (nSPS) is 23.5. The molecule has 0 spiro atoms. The first-order chi connectivity index (χ1) is 7.08. The molecule has 0 aliphatic heterocycles. The maximum absolute atomic E-state index is 13.9. The number of ketones is 1. The Labute approximate surface area is 89.3 Å². The smallest absolute Gasteiger partial charge is 0.255 e. The van der Waals surface area contributed by atoms with Gasteiger partial charge in [0.15, 0.2) is 0 Å². The Bertz CT molecular complexity index is 498. The summed E-state index contributed by atoms with van der Waals surface area (Å²) in [6.07, 6.45) is -0.287. The van der Waals surface area contributed by atoms with Gasteiger partial charge in [-0.05, 0) is 22.3 Å². The van der Waals surface area contributed by atoms with Crippen molar-refractivity contribution in [3.8, 4) is 0 Å². The van der Waals surface area contributed by atoms with Crippen molar-refractivity contribution in [1.82, 2.24) is 0 Å². The van der Waals surface area contributed by atoms with Crippen LogP contribution in [0.15, 0.2) is 23.3 Å². The van der Waals surface area contributed by atoms with Gasteiger partial charge in [0, 0.05) is 21.9 Å². The predicted molar refractivity (Wildman–Crippen MR) is 52.5 cm³/mol. The molecule has 0 amide bonds. The van der Waals surface area contributed by atoms with Crippen molar-refractivity contribution in [2.45, 2.75) is 12.2 Å². The second-order valence-corrected chi connectivity index (χ2v) is 3.63. The van der Waals surface area contributed by atoms with E-state index in [1.807, 2.05) is 0 Å². The quantitative estimate of drug-likeness (QED) is 0.313. The maximum atomic E-state index is 13.9. The van der Waals surface area contributed by atoms with Crippen LogP contribution in [0.25, 0.3) is 10.4 Å². The highest BCUT2D eigenvalue weighted by atomic mass is 35.5. The van der Waals surface area contributed by atoms with Gasteiger partial charge in [0.2, 0.25) is 5.78 Å². The molecule has 76 valence electrons. The Kier molecular flexibility index (Phi) is 2.14. The van der Waals surface area contributed by atoms with Gasteiger partial charge in [-0.15, -0.1) is 0 Å². The molecule has 2 rings (SSSR count). The highest BCUT2D eigenvalue weighted by molar-refractivity contribution is 6.32. The zero-order valence-corrected chi connectivity index (χ0v) is 8.20. The molecule has 0 saturated carbocycles. The van der Waals surface area contributed by atoms with Crippen molar-refractivity contribution >= 4 is 17.4 Å². The molecule has 0 saturated heterocycles. The summed E-state index contributed by atoms with van der Waals surface area (Å²) in [5, 5.41) is 3.21. The van der Waals surface area contributed by atoms with Crippen LogP contribution < -0.4 is 0 Å². The standard InChI is InChI=1S/C9H5ClFN3O/c10-7-3-1-2-5-6(7)4-9(11,8(5)15)13-14-12/h1-3H,4H2. The molecular weight excluding hydrogens is 221 g/mol. The number of carbonyl (C=O) groups is 1. The van der Waals surface area contributed by atoms with Gasteiger partial charge in [0.05, 0.1) is 0 Å². The van der Waals surface area contributed by atoms with E-state index < -0.39 is 11.6 Å². The van der Waals surface area contributed by atoms with Crippen molar-refractivity contribution in [3.05, 3.63) is 44.8 Å². The van der Waals surface area contributed by atoms with Gasteiger partial charge in [0.25, 0.3) is 5.79 Å². The number of azide groups is 1. The second-order valence-electron chi connectivity index (χ2n) is 3.22. The average molecular weight is 226 g/mol. The molecule has 1 aromatic carbocycles. The Morgan fingerprint density at radius 2 is 2.33 bits per heavy atom. The van der Waals surface area contributed by atoms with Crippen LogP contribution in [0.2, 0.25) is 5.02 Å². The number of alkyl halides is 1. The summed E-state index contributed by atoms with van der Waals surface area (Å²) >= 11 is 5.81. The van der Waals surface area contributed by atoms with E-state index in [2.05, 4.69) is 10.0 Å². The minimum absolute atomic E-state index is 0.192. The van der Waals surface area contributed by atoms with E-state index in [0.29, 0.717) is 10.6 Å². The lowest BCUT2D eigenvalue weighted by Gasteiger charge is -2.07. The molecule has 1 unspecified atom stereocenters. The predicted octanol–water partition coefficient (Wildman–Crippen LogP) is 3.05. The van der Waals surface area contributed by atoms with E-state index in [-0.39, 0.29) is 12.0 Å². The largest absolute Gasteiger partial charge is 0.290 e. The van der Waals surface area contributed by atoms with Gasteiger partial charge in [-0.1, -0.05) is 23.7 Å². The monoisotopic (exact) mass is 225 g/mol. The number of hydrogen-bond donors (Lipinski definition) is 0. The molecular formula is C9H5ClFN3O. The minimum atomic E-state index is -2.51. The maximum Gasteiger partial charge on any atom is 0.255 e. The first kappa shape index (κ1) is 9.96. The number of carbonyl (C=O) groups excluding carboxylic acids is 1. The topological polar surface area (TPSA) is 65.8 Å². The average Bonchev–Trinajstić information content (AvgIpc) is 2.44. The number of nitrogens with zero attached hydrogens (tertiary/aromatic N) is 3. The molecule has 1 aromatic rings. The van der Waals surface area contributed by atoms with Crippen molar-refractivity contribution < 1.29 is 9.18 Å². The van der Waals surface area contributed by atoms with Crippen LogP contribution in [0.5, 0.6) is 0 Å². The fourth-order valence-corrected chi connectivity index (χ4v) is 1.86. The van der Waals surface area contributed by atoms with E-state index in [4.69, 9.17) is 17.1 Å². The van der Waals surface area contributed by atoms with Crippen molar-refractivity contribution in [3.63, 3.8) is 0 Å². The van der Waals surface area contributed by atoms with E-state index in [1.165, 1.54) is 6.07 Å². The zero-order valence-electron chi connectivity index (χ0n) is 7.44. The van der Waals surface area contributed by atoms with Crippen LogP contribution in [0, 0.1) is 0 Å². The van der Waals surface area contributed by atoms with Gasteiger partial charge < -0.3 is 0 Å². The van der Waals surface area contributed by atoms with Gasteiger partial charge in [-0.25, -0.2) is 4.39 Å². The third kappa shape index (κ3) is 1.37. The Hall–Kier alpha value is -1.58. The number of halogens is 2. The summed E-state index contributed by atoms with van der Waals surface area (Å²) in [7, 11) is 0. The summed E-state index contributed by atoms with van der Waals surface area (Å²) in [5.41, 5.74) is 8.79. The van der Waals surface area contributed by atoms with Crippen LogP contribution in [0.1, 0.15) is 15.9 Å². The third-order valence-electron chi connectivity index (χ3n) is 2.33. The summed E-state index contributed by atoms with van der Waals surface area (Å²) in [5.74, 6) is -3.33. The lowest BCUT2D eigenvalue weighted by Crippen LogP contribution is -2.26. The number of benzene rings is 1. The van der Waals surface area contributed by atoms with Crippen LogP contribution in [0.4, 0.5) is 4.39 Å². The van der Waals surface area contributed by atoms with Crippen molar-refractivity contribution in [2.75, 3.05) is 0 Å². The summed E-state index contributed by atoms with van der Waals surface area (Å²) < 4.78 is 13.9. The molecule has 1 aliphatic carbocycles. The van der Waals surface area contributed by atoms with Crippen molar-refractivity contribution in [2.24, 2.45) is 5.11 Å². The summed E-state index contributed by atoms with van der Waals surface area (Å²) in [6.45, 7) is 0. The van der Waals surface area contributed by atoms with Crippen LogP contribution in [-0.4, -0.2) is 11.6 Å². The SMILES string of the molecule is [N-]=[N+]=NC1(F)Cc2c(Cl)cccc2C1=O. The van der Waals surface area contributed by atoms with E-state index in [1.54, 1.807) is 12.1 Å². The molecule has 0 bridgehead atoms. The van der Waals surface area contributed by atoms with Gasteiger partial charge in [0.1, 0.15) is 0 Å². The molecule has 1 atom stereocenters. The first-order valence-electron chi connectivity index (χ1n) is 4.16. The number of fused-ring (bicyclic) bond motifs is 1. The molecule has 6 heteroatoms. The minimum Gasteiger partial charge on any atom is -0.290 e.